The molecule has 1 aromatic heterocycles. The van der Waals surface area contributed by atoms with Crippen LogP contribution >= 0.6 is 11.3 Å². The highest BCUT2D eigenvalue weighted by molar-refractivity contribution is 7.10. The summed E-state index contributed by atoms with van der Waals surface area (Å²) in [7, 11) is 3.30. The second kappa shape index (κ2) is 6.50. The summed E-state index contributed by atoms with van der Waals surface area (Å²) in [5.41, 5.74) is 1.07. The predicted octanol–water partition coefficient (Wildman–Crippen LogP) is 3.91. The van der Waals surface area contributed by atoms with Gasteiger partial charge in [0.2, 0.25) is 0 Å². The highest BCUT2D eigenvalue weighted by Crippen LogP contribution is 2.41. The molecule has 0 spiro atoms. The molecule has 1 unspecified atom stereocenters. The van der Waals surface area contributed by atoms with Gasteiger partial charge in [0.15, 0.2) is 0 Å². The Bertz CT molecular complexity index is 589. The van der Waals surface area contributed by atoms with E-state index in [2.05, 4.69) is 0 Å². The van der Waals surface area contributed by atoms with Crippen LogP contribution in [-0.4, -0.2) is 19.3 Å². The monoisotopic (exact) mass is 306 g/mol. The van der Waals surface area contributed by atoms with Crippen LogP contribution in [0.15, 0.2) is 29.6 Å². The smallest absolute Gasteiger partial charge is 0.135 e. The van der Waals surface area contributed by atoms with Crippen LogP contribution in [0.4, 0.5) is 0 Å². The van der Waals surface area contributed by atoms with Crippen LogP contribution in [0.25, 0.3) is 0 Å². The largest absolute Gasteiger partial charge is 0.497 e. The summed E-state index contributed by atoms with van der Waals surface area (Å²) in [5.74, 6) is 1.60. The third-order valence-electron chi connectivity index (χ3n) is 3.87. The normalized spacial score (nSPS) is 13.8. The lowest BCUT2D eigenvalue weighted by molar-refractivity contribution is 0.0303. The van der Waals surface area contributed by atoms with Crippen LogP contribution < -0.4 is 9.47 Å². The maximum absolute atomic E-state index is 11.1. The molecular formula is C17H22O3S. The third kappa shape index (κ3) is 3.22. The van der Waals surface area contributed by atoms with Gasteiger partial charge in [-0.1, -0.05) is 19.1 Å². The minimum absolute atomic E-state index is 0.557. The molecule has 0 amide bonds. The van der Waals surface area contributed by atoms with Crippen LogP contribution in [0.5, 0.6) is 11.5 Å². The minimum Gasteiger partial charge on any atom is -0.497 e. The number of benzene rings is 1. The molecule has 0 bridgehead atoms. The van der Waals surface area contributed by atoms with Crippen molar-refractivity contribution in [3.63, 3.8) is 0 Å². The standard InChI is InChI=1S/C17H22O3S/c1-5-17(18,16-12(2)21-11-15(16)20-4)10-13-6-8-14(19-3)9-7-13/h6-9,11,18H,5,10H2,1-4H3. The zero-order valence-corrected chi connectivity index (χ0v) is 13.8. The predicted molar refractivity (Wildman–Crippen MR) is 86.5 cm³/mol. The lowest BCUT2D eigenvalue weighted by Gasteiger charge is -2.28. The fraction of sp³-hybridized carbons (Fsp3) is 0.412. The second-order valence-electron chi connectivity index (χ2n) is 5.15. The van der Waals surface area contributed by atoms with Gasteiger partial charge in [0.05, 0.1) is 19.8 Å². The molecule has 1 heterocycles. The molecule has 3 nitrogen and oxygen atoms in total. The van der Waals surface area contributed by atoms with E-state index in [0.717, 1.165) is 27.5 Å². The van der Waals surface area contributed by atoms with E-state index >= 15 is 0 Å². The summed E-state index contributed by atoms with van der Waals surface area (Å²) in [6, 6.07) is 7.83. The first-order valence-corrected chi connectivity index (χ1v) is 7.90. The first-order chi connectivity index (χ1) is 10.0. The highest BCUT2D eigenvalue weighted by Gasteiger charge is 2.33. The van der Waals surface area contributed by atoms with Gasteiger partial charge in [0.25, 0.3) is 0 Å². The van der Waals surface area contributed by atoms with Crippen LogP contribution in [0.2, 0.25) is 0 Å². The van der Waals surface area contributed by atoms with Crippen LogP contribution in [-0.2, 0) is 12.0 Å². The lowest BCUT2D eigenvalue weighted by atomic mass is 9.85. The van der Waals surface area contributed by atoms with Gasteiger partial charge in [-0.15, -0.1) is 11.3 Å². The molecule has 1 aromatic carbocycles. The summed E-state index contributed by atoms with van der Waals surface area (Å²) in [6.45, 7) is 4.03. The second-order valence-corrected chi connectivity index (χ2v) is 6.23. The maximum Gasteiger partial charge on any atom is 0.135 e. The zero-order valence-electron chi connectivity index (χ0n) is 13.0. The van der Waals surface area contributed by atoms with Crippen molar-refractivity contribution < 1.29 is 14.6 Å². The van der Waals surface area contributed by atoms with Gasteiger partial charge in [-0.3, -0.25) is 0 Å². The molecule has 1 N–H and O–H groups in total. The van der Waals surface area contributed by atoms with E-state index < -0.39 is 5.60 Å². The van der Waals surface area contributed by atoms with E-state index in [9.17, 15) is 5.11 Å². The Kier molecular flexibility index (Phi) is 4.91. The van der Waals surface area contributed by atoms with Crippen molar-refractivity contribution in [1.82, 2.24) is 0 Å². The molecule has 0 aliphatic carbocycles. The average Bonchev–Trinajstić information content (AvgIpc) is 2.89. The Hall–Kier alpha value is -1.52. The molecule has 0 fully saturated rings. The molecule has 4 heteroatoms. The van der Waals surface area contributed by atoms with E-state index in [1.54, 1.807) is 25.6 Å². The molecule has 21 heavy (non-hydrogen) atoms. The Morgan fingerprint density at radius 3 is 2.33 bits per heavy atom. The number of aliphatic hydroxyl groups is 1. The zero-order chi connectivity index (χ0) is 15.5. The number of hydrogen-bond donors (Lipinski definition) is 1. The molecule has 0 aliphatic rings. The Balaban J connectivity index is 2.34. The molecule has 114 valence electrons. The van der Waals surface area contributed by atoms with Crippen LogP contribution in [0.3, 0.4) is 0 Å². The van der Waals surface area contributed by atoms with E-state index in [0.29, 0.717) is 12.8 Å². The summed E-state index contributed by atoms with van der Waals surface area (Å²) >= 11 is 1.61. The van der Waals surface area contributed by atoms with Crippen molar-refractivity contribution in [2.24, 2.45) is 0 Å². The summed E-state index contributed by atoms with van der Waals surface area (Å²) in [5, 5.41) is 13.1. The van der Waals surface area contributed by atoms with Crippen molar-refractivity contribution >= 4 is 11.3 Å². The average molecular weight is 306 g/mol. The van der Waals surface area contributed by atoms with Crippen molar-refractivity contribution in [1.29, 1.82) is 0 Å². The fourth-order valence-electron chi connectivity index (χ4n) is 2.61. The first kappa shape index (κ1) is 15.9. The lowest BCUT2D eigenvalue weighted by Crippen LogP contribution is -2.28. The van der Waals surface area contributed by atoms with Gasteiger partial charge in [-0.2, -0.15) is 0 Å². The van der Waals surface area contributed by atoms with E-state index in [4.69, 9.17) is 9.47 Å². The topological polar surface area (TPSA) is 38.7 Å². The molecule has 2 rings (SSSR count). The van der Waals surface area contributed by atoms with Crippen molar-refractivity contribution in [3.8, 4) is 11.5 Å². The van der Waals surface area contributed by atoms with Gasteiger partial charge in [0, 0.05) is 22.2 Å². The molecule has 0 saturated carbocycles. The van der Waals surface area contributed by atoms with Crippen molar-refractivity contribution in [2.75, 3.05) is 14.2 Å². The Labute approximate surface area is 130 Å². The van der Waals surface area contributed by atoms with E-state index in [1.807, 2.05) is 43.5 Å². The number of hydrogen-bond acceptors (Lipinski definition) is 4. The van der Waals surface area contributed by atoms with Gasteiger partial charge < -0.3 is 14.6 Å². The molecule has 0 radical (unpaired) electrons. The van der Waals surface area contributed by atoms with E-state index in [1.165, 1.54) is 0 Å². The SMILES string of the molecule is CCC(O)(Cc1ccc(OC)cc1)c1c(OC)csc1C. The molecule has 2 aromatic rings. The number of aryl methyl sites for hydroxylation is 1. The van der Waals surface area contributed by atoms with Gasteiger partial charge in [0.1, 0.15) is 11.5 Å². The Morgan fingerprint density at radius 1 is 1.14 bits per heavy atom. The van der Waals surface area contributed by atoms with Crippen molar-refractivity contribution in [3.05, 3.63) is 45.6 Å². The molecule has 0 saturated heterocycles. The molecule has 0 aliphatic heterocycles. The number of methoxy groups -OCH3 is 2. The quantitative estimate of drug-likeness (QED) is 0.879. The number of rotatable bonds is 6. The molecule has 1 atom stereocenters. The summed E-state index contributed by atoms with van der Waals surface area (Å²) in [4.78, 5) is 1.10. The molecular weight excluding hydrogens is 284 g/mol. The third-order valence-corrected chi connectivity index (χ3v) is 4.76. The van der Waals surface area contributed by atoms with Gasteiger partial charge >= 0.3 is 0 Å². The first-order valence-electron chi connectivity index (χ1n) is 7.02. The minimum atomic E-state index is -0.913. The highest BCUT2D eigenvalue weighted by atomic mass is 32.1. The van der Waals surface area contributed by atoms with Gasteiger partial charge in [-0.25, -0.2) is 0 Å². The van der Waals surface area contributed by atoms with Gasteiger partial charge in [-0.05, 0) is 31.0 Å². The van der Waals surface area contributed by atoms with Crippen molar-refractivity contribution in [2.45, 2.75) is 32.3 Å². The maximum atomic E-state index is 11.1. The fourth-order valence-corrected chi connectivity index (χ4v) is 3.52. The van der Waals surface area contributed by atoms with Crippen LogP contribution in [0, 0.1) is 6.92 Å². The summed E-state index contributed by atoms with van der Waals surface area (Å²) < 4.78 is 10.6. The van der Waals surface area contributed by atoms with Crippen LogP contribution in [0.1, 0.15) is 29.3 Å². The summed E-state index contributed by atoms with van der Waals surface area (Å²) in [6.07, 6.45) is 1.19. The van der Waals surface area contributed by atoms with E-state index in [-0.39, 0.29) is 0 Å². The Morgan fingerprint density at radius 2 is 1.81 bits per heavy atom. The number of ether oxygens (including phenoxy) is 2. The number of thiophene rings is 1.